The molecule has 1 amide bonds. The van der Waals surface area contributed by atoms with Gasteiger partial charge in [-0.3, -0.25) is 4.79 Å². The first kappa shape index (κ1) is 16.4. The zero-order chi connectivity index (χ0) is 14.3. The van der Waals surface area contributed by atoms with Crippen LogP contribution in [0.2, 0.25) is 5.02 Å². The number of carbonyl (C=O) groups is 1. The van der Waals surface area contributed by atoms with Crippen LogP contribution in [0.25, 0.3) is 0 Å². The lowest BCUT2D eigenvalue weighted by molar-refractivity contribution is -0.131. The number of amides is 1. The van der Waals surface area contributed by atoms with Gasteiger partial charge in [0, 0.05) is 28.3 Å². The smallest absolute Gasteiger partial charge is 0.251 e. The average molecular weight is 351 g/mol. The summed E-state index contributed by atoms with van der Waals surface area (Å²) in [6, 6.07) is 5.04. The molecule has 6 heteroatoms. The number of halogens is 2. The highest BCUT2D eigenvalue weighted by atomic mass is 79.9. The molecule has 0 atom stereocenters. The summed E-state index contributed by atoms with van der Waals surface area (Å²) < 4.78 is 11.4. The summed E-state index contributed by atoms with van der Waals surface area (Å²) in [6.45, 7) is 5.11. The molecule has 0 fully saturated rings. The molecule has 1 N–H and O–H groups in total. The SMILES string of the molecule is CCOC(CNC(=O)c1cc(Cl)cc(Br)c1)OCC. The van der Waals surface area contributed by atoms with E-state index in [1.165, 1.54) is 0 Å². The Morgan fingerprint density at radius 2 is 1.95 bits per heavy atom. The van der Waals surface area contributed by atoms with Gasteiger partial charge in [-0.2, -0.15) is 0 Å². The number of rotatable bonds is 7. The van der Waals surface area contributed by atoms with Crippen LogP contribution < -0.4 is 5.32 Å². The van der Waals surface area contributed by atoms with E-state index >= 15 is 0 Å². The quantitative estimate of drug-likeness (QED) is 0.768. The predicted molar refractivity (Wildman–Crippen MR) is 78.5 cm³/mol. The van der Waals surface area contributed by atoms with Crippen LogP contribution in [-0.2, 0) is 9.47 Å². The summed E-state index contributed by atoms with van der Waals surface area (Å²) in [4.78, 5) is 12.0. The zero-order valence-corrected chi connectivity index (χ0v) is 13.3. The topological polar surface area (TPSA) is 47.6 Å². The number of nitrogens with one attached hydrogen (secondary N) is 1. The van der Waals surface area contributed by atoms with E-state index < -0.39 is 6.29 Å². The molecule has 1 aromatic rings. The van der Waals surface area contributed by atoms with Crippen LogP contribution >= 0.6 is 27.5 Å². The second-order valence-electron chi connectivity index (χ2n) is 3.71. The van der Waals surface area contributed by atoms with E-state index in [4.69, 9.17) is 21.1 Å². The van der Waals surface area contributed by atoms with Gasteiger partial charge >= 0.3 is 0 Å². The molecule has 0 unspecified atom stereocenters. The Morgan fingerprint density at radius 1 is 1.32 bits per heavy atom. The van der Waals surface area contributed by atoms with E-state index in [0.29, 0.717) is 30.3 Å². The average Bonchev–Trinajstić information content (AvgIpc) is 2.35. The van der Waals surface area contributed by atoms with Crippen molar-refractivity contribution in [1.29, 1.82) is 0 Å². The van der Waals surface area contributed by atoms with Gasteiger partial charge in [0.05, 0.1) is 6.54 Å². The molecule has 1 aromatic carbocycles. The van der Waals surface area contributed by atoms with Crippen molar-refractivity contribution in [2.75, 3.05) is 19.8 Å². The molecule has 4 nitrogen and oxygen atoms in total. The maximum atomic E-state index is 12.0. The molecular weight excluding hydrogens is 334 g/mol. The Hall–Kier alpha value is -0.620. The lowest BCUT2D eigenvalue weighted by Crippen LogP contribution is -2.35. The zero-order valence-electron chi connectivity index (χ0n) is 10.9. The molecule has 0 heterocycles. The molecule has 0 saturated heterocycles. The molecule has 0 radical (unpaired) electrons. The third-order valence-corrected chi connectivity index (χ3v) is 2.94. The first-order valence-electron chi connectivity index (χ1n) is 6.04. The van der Waals surface area contributed by atoms with Crippen molar-refractivity contribution in [3.63, 3.8) is 0 Å². The fraction of sp³-hybridized carbons (Fsp3) is 0.462. The molecule has 106 valence electrons. The molecule has 0 aliphatic heterocycles. The van der Waals surface area contributed by atoms with E-state index in [0.717, 1.165) is 4.47 Å². The number of hydrogen-bond donors (Lipinski definition) is 1. The Kier molecular flexibility index (Phi) is 7.38. The summed E-state index contributed by atoms with van der Waals surface area (Å²) in [5.74, 6) is -0.215. The summed E-state index contributed by atoms with van der Waals surface area (Å²) in [6.07, 6.45) is -0.429. The normalized spacial score (nSPS) is 10.8. The molecular formula is C13H17BrClNO3. The number of ether oxygens (including phenoxy) is 2. The Bertz CT molecular complexity index is 402. The highest BCUT2D eigenvalue weighted by molar-refractivity contribution is 9.10. The van der Waals surface area contributed by atoms with Crippen molar-refractivity contribution >= 4 is 33.4 Å². The van der Waals surface area contributed by atoms with Gasteiger partial charge in [0.15, 0.2) is 6.29 Å². The number of hydrogen-bond acceptors (Lipinski definition) is 3. The van der Waals surface area contributed by atoms with Gasteiger partial charge in [0.2, 0.25) is 0 Å². The van der Waals surface area contributed by atoms with Crippen LogP contribution in [0.1, 0.15) is 24.2 Å². The summed E-state index contributed by atoms with van der Waals surface area (Å²) in [5, 5.41) is 3.26. The van der Waals surface area contributed by atoms with Gasteiger partial charge in [0.25, 0.3) is 5.91 Å². The molecule has 1 rings (SSSR count). The third-order valence-electron chi connectivity index (χ3n) is 2.26. The highest BCUT2D eigenvalue weighted by Gasteiger charge is 2.12. The van der Waals surface area contributed by atoms with E-state index in [-0.39, 0.29) is 5.91 Å². The Labute approximate surface area is 126 Å². The molecule has 0 bridgehead atoms. The molecule has 0 aromatic heterocycles. The minimum atomic E-state index is -0.429. The van der Waals surface area contributed by atoms with Crippen LogP contribution in [0.4, 0.5) is 0 Å². The van der Waals surface area contributed by atoms with Crippen LogP contribution in [0, 0.1) is 0 Å². The van der Waals surface area contributed by atoms with Crippen molar-refractivity contribution in [2.24, 2.45) is 0 Å². The Morgan fingerprint density at radius 3 is 2.47 bits per heavy atom. The second kappa shape index (κ2) is 8.53. The van der Waals surface area contributed by atoms with Gasteiger partial charge in [0.1, 0.15) is 0 Å². The summed E-state index contributed by atoms with van der Waals surface area (Å²) in [7, 11) is 0. The lowest BCUT2D eigenvalue weighted by atomic mass is 10.2. The monoisotopic (exact) mass is 349 g/mol. The molecule has 0 aliphatic carbocycles. The third kappa shape index (κ3) is 5.91. The van der Waals surface area contributed by atoms with E-state index in [2.05, 4.69) is 21.2 Å². The fourth-order valence-corrected chi connectivity index (χ4v) is 2.36. The number of carbonyl (C=O) groups excluding carboxylic acids is 1. The molecule has 0 saturated carbocycles. The van der Waals surface area contributed by atoms with Crippen molar-refractivity contribution in [2.45, 2.75) is 20.1 Å². The van der Waals surface area contributed by atoms with Gasteiger partial charge in [-0.25, -0.2) is 0 Å². The molecule has 0 aliphatic rings. The minimum absolute atomic E-state index is 0.215. The van der Waals surface area contributed by atoms with Crippen molar-refractivity contribution in [3.05, 3.63) is 33.3 Å². The van der Waals surface area contributed by atoms with E-state index in [9.17, 15) is 4.79 Å². The van der Waals surface area contributed by atoms with Gasteiger partial charge in [-0.05, 0) is 32.0 Å². The van der Waals surface area contributed by atoms with Gasteiger partial charge < -0.3 is 14.8 Å². The highest BCUT2D eigenvalue weighted by Crippen LogP contribution is 2.19. The van der Waals surface area contributed by atoms with Crippen LogP contribution in [0.15, 0.2) is 22.7 Å². The van der Waals surface area contributed by atoms with Crippen LogP contribution in [0.5, 0.6) is 0 Å². The van der Waals surface area contributed by atoms with Crippen molar-refractivity contribution in [1.82, 2.24) is 5.32 Å². The van der Waals surface area contributed by atoms with Crippen molar-refractivity contribution in [3.8, 4) is 0 Å². The molecule has 19 heavy (non-hydrogen) atoms. The maximum Gasteiger partial charge on any atom is 0.251 e. The lowest BCUT2D eigenvalue weighted by Gasteiger charge is -2.17. The number of benzene rings is 1. The molecule has 0 spiro atoms. The second-order valence-corrected chi connectivity index (χ2v) is 5.06. The standard InChI is InChI=1S/C13H17BrClNO3/c1-3-18-12(19-4-2)8-16-13(17)9-5-10(14)7-11(15)6-9/h5-7,12H,3-4,8H2,1-2H3,(H,16,17). The largest absolute Gasteiger partial charge is 0.351 e. The first-order chi connectivity index (χ1) is 9.06. The van der Waals surface area contributed by atoms with E-state index in [1.807, 2.05) is 13.8 Å². The predicted octanol–water partition coefficient (Wildman–Crippen LogP) is 3.23. The van der Waals surface area contributed by atoms with Gasteiger partial charge in [-0.1, -0.05) is 27.5 Å². The maximum absolute atomic E-state index is 12.0. The first-order valence-corrected chi connectivity index (χ1v) is 7.21. The van der Waals surface area contributed by atoms with E-state index in [1.54, 1.807) is 18.2 Å². The van der Waals surface area contributed by atoms with Crippen molar-refractivity contribution < 1.29 is 14.3 Å². The van der Waals surface area contributed by atoms with Crippen LogP contribution in [0.3, 0.4) is 0 Å². The minimum Gasteiger partial charge on any atom is -0.351 e. The fourth-order valence-electron chi connectivity index (χ4n) is 1.50. The summed E-state index contributed by atoms with van der Waals surface area (Å²) in [5.41, 5.74) is 0.492. The summed E-state index contributed by atoms with van der Waals surface area (Å²) >= 11 is 9.19. The van der Waals surface area contributed by atoms with Gasteiger partial charge in [-0.15, -0.1) is 0 Å². The van der Waals surface area contributed by atoms with Crippen LogP contribution in [-0.4, -0.2) is 32.0 Å². The Balaban J connectivity index is 2.58.